The summed E-state index contributed by atoms with van der Waals surface area (Å²) < 4.78 is 5.26. The maximum Gasteiger partial charge on any atom is 0.355 e. The first-order chi connectivity index (χ1) is 15.2. The van der Waals surface area contributed by atoms with E-state index in [-0.39, 0.29) is 11.9 Å². The van der Waals surface area contributed by atoms with Gasteiger partial charge in [0.15, 0.2) is 0 Å². The first kappa shape index (κ1) is 19.3. The largest absolute Gasteiger partial charge is 0.461 e. The minimum Gasteiger partial charge on any atom is -0.461 e. The van der Waals surface area contributed by atoms with E-state index in [1.54, 1.807) is 19.3 Å². The van der Waals surface area contributed by atoms with E-state index in [1.807, 2.05) is 36.4 Å². The molecule has 2 aliphatic rings. The number of carbonyl (C=O) groups excluding carboxylic acids is 2. The molecular formula is C25H23N3O3. The molecule has 0 bridgehead atoms. The average Bonchev–Trinajstić information content (AvgIpc) is 3.32. The van der Waals surface area contributed by atoms with Gasteiger partial charge in [-0.25, -0.2) is 4.79 Å². The van der Waals surface area contributed by atoms with Crippen molar-refractivity contribution in [1.82, 2.24) is 9.97 Å². The Balaban J connectivity index is 1.66. The number of fused-ring (bicyclic) bond motifs is 2. The number of amides is 1. The van der Waals surface area contributed by atoms with Crippen LogP contribution in [0.25, 0.3) is 22.8 Å². The van der Waals surface area contributed by atoms with E-state index in [0.29, 0.717) is 17.9 Å². The third-order valence-electron chi connectivity index (χ3n) is 5.94. The Morgan fingerprint density at radius 3 is 2.68 bits per heavy atom. The van der Waals surface area contributed by atoms with Crippen molar-refractivity contribution in [3.8, 4) is 11.1 Å². The normalized spacial score (nSPS) is 16.0. The topological polar surface area (TPSA) is 84.1 Å². The van der Waals surface area contributed by atoms with Gasteiger partial charge in [0.05, 0.1) is 12.2 Å². The summed E-state index contributed by atoms with van der Waals surface area (Å²) in [6, 6.07) is 9.73. The van der Waals surface area contributed by atoms with Gasteiger partial charge in [0.1, 0.15) is 5.69 Å². The van der Waals surface area contributed by atoms with Crippen LogP contribution >= 0.6 is 0 Å². The zero-order valence-electron chi connectivity index (χ0n) is 17.3. The molecule has 156 valence electrons. The maximum atomic E-state index is 12.9. The summed E-state index contributed by atoms with van der Waals surface area (Å²) in [5, 5.41) is 2.98. The Bertz CT molecular complexity index is 1210. The van der Waals surface area contributed by atoms with Crippen LogP contribution in [0.3, 0.4) is 0 Å². The number of aromatic amines is 1. The molecule has 5 rings (SSSR count). The molecule has 0 fully saturated rings. The molecule has 0 atom stereocenters. The monoisotopic (exact) mass is 413 g/mol. The van der Waals surface area contributed by atoms with Gasteiger partial charge in [-0.3, -0.25) is 9.78 Å². The van der Waals surface area contributed by atoms with Crippen LogP contribution in [-0.2, 0) is 22.4 Å². The third kappa shape index (κ3) is 3.34. The van der Waals surface area contributed by atoms with Gasteiger partial charge >= 0.3 is 5.97 Å². The average molecular weight is 413 g/mol. The number of hydrogen-bond acceptors (Lipinski definition) is 4. The highest BCUT2D eigenvalue weighted by Crippen LogP contribution is 2.41. The lowest BCUT2D eigenvalue weighted by Gasteiger charge is -2.13. The van der Waals surface area contributed by atoms with Gasteiger partial charge < -0.3 is 15.0 Å². The number of nitrogens with one attached hydrogen (secondary N) is 2. The number of carbonyl (C=O) groups is 2. The molecule has 2 aromatic heterocycles. The van der Waals surface area contributed by atoms with E-state index in [9.17, 15) is 9.59 Å². The number of benzene rings is 1. The van der Waals surface area contributed by atoms with Crippen molar-refractivity contribution >= 4 is 29.2 Å². The fourth-order valence-corrected chi connectivity index (χ4v) is 4.57. The third-order valence-corrected chi connectivity index (χ3v) is 5.94. The molecule has 2 N–H and O–H groups in total. The van der Waals surface area contributed by atoms with E-state index < -0.39 is 0 Å². The molecule has 0 saturated heterocycles. The van der Waals surface area contributed by atoms with Crippen molar-refractivity contribution in [2.24, 2.45) is 0 Å². The van der Waals surface area contributed by atoms with E-state index in [4.69, 9.17) is 4.74 Å². The maximum absolute atomic E-state index is 12.9. The number of rotatable bonds is 4. The Morgan fingerprint density at radius 2 is 1.90 bits per heavy atom. The highest BCUT2D eigenvalue weighted by atomic mass is 16.5. The Morgan fingerprint density at radius 1 is 1.13 bits per heavy atom. The van der Waals surface area contributed by atoms with E-state index in [0.717, 1.165) is 64.9 Å². The van der Waals surface area contributed by atoms with Crippen LogP contribution in [0, 0.1) is 0 Å². The number of esters is 1. The van der Waals surface area contributed by atoms with Crippen LogP contribution in [0.2, 0.25) is 0 Å². The Hall–Kier alpha value is -3.67. The number of hydrogen-bond donors (Lipinski definition) is 2. The lowest BCUT2D eigenvalue weighted by molar-refractivity contribution is -0.110. The smallest absolute Gasteiger partial charge is 0.355 e. The second-order valence-corrected chi connectivity index (χ2v) is 7.77. The lowest BCUT2D eigenvalue weighted by atomic mass is 9.90. The minimum absolute atomic E-state index is 0.145. The molecule has 1 aromatic carbocycles. The minimum atomic E-state index is -0.334. The van der Waals surface area contributed by atoms with Crippen molar-refractivity contribution in [1.29, 1.82) is 0 Å². The summed E-state index contributed by atoms with van der Waals surface area (Å²) in [7, 11) is 0. The molecule has 3 heterocycles. The molecular weight excluding hydrogens is 390 g/mol. The molecule has 6 heteroatoms. The van der Waals surface area contributed by atoms with Gasteiger partial charge in [-0.15, -0.1) is 0 Å². The molecule has 31 heavy (non-hydrogen) atoms. The number of pyridine rings is 1. The molecule has 1 aliphatic heterocycles. The van der Waals surface area contributed by atoms with Gasteiger partial charge in [-0.1, -0.05) is 12.1 Å². The summed E-state index contributed by atoms with van der Waals surface area (Å²) in [5.74, 6) is -0.479. The van der Waals surface area contributed by atoms with Crippen LogP contribution in [0.15, 0.2) is 42.7 Å². The zero-order chi connectivity index (χ0) is 21.4. The number of ether oxygens (including phenoxy) is 1. The summed E-state index contributed by atoms with van der Waals surface area (Å²) >= 11 is 0. The molecule has 0 unspecified atom stereocenters. The summed E-state index contributed by atoms with van der Waals surface area (Å²) in [5.41, 5.74) is 7.69. The number of H-pyrrole nitrogens is 1. The standard InChI is InChI=1S/C25H23N3O3/c1-2-31-25(30)23-18-7-4-3-6-17(18)21(27-23)14-19-22-16(15-10-12-26-13-11-15)8-5-9-20(22)28-24(19)29/h5,8-14,27H,2-4,6-7H2,1H3,(H,28,29). The van der Waals surface area contributed by atoms with Gasteiger partial charge in [-0.05, 0) is 79.1 Å². The number of anilines is 1. The quantitative estimate of drug-likeness (QED) is 0.483. The second-order valence-electron chi connectivity index (χ2n) is 7.77. The molecule has 0 radical (unpaired) electrons. The highest BCUT2D eigenvalue weighted by Gasteiger charge is 2.29. The van der Waals surface area contributed by atoms with Crippen molar-refractivity contribution < 1.29 is 14.3 Å². The summed E-state index contributed by atoms with van der Waals surface area (Å²) in [6.45, 7) is 2.13. The predicted molar refractivity (Wildman–Crippen MR) is 120 cm³/mol. The second kappa shape index (κ2) is 7.87. The van der Waals surface area contributed by atoms with E-state index in [2.05, 4.69) is 15.3 Å². The summed E-state index contributed by atoms with van der Waals surface area (Å²) in [4.78, 5) is 32.8. The first-order valence-electron chi connectivity index (χ1n) is 10.6. The van der Waals surface area contributed by atoms with Crippen LogP contribution in [-0.4, -0.2) is 28.5 Å². The number of aromatic nitrogens is 2. The number of nitrogens with zero attached hydrogens (tertiary/aromatic N) is 1. The Labute approximate surface area is 180 Å². The van der Waals surface area contributed by atoms with E-state index in [1.165, 1.54) is 0 Å². The van der Waals surface area contributed by atoms with Crippen LogP contribution in [0.5, 0.6) is 0 Å². The van der Waals surface area contributed by atoms with Gasteiger partial charge in [-0.2, -0.15) is 0 Å². The van der Waals surface area contributed by atoms with Crippen molar-refractivity contribution in [3.63, 3.8) is 0 Å². The highest BCUT2D eigenvalue weighted by molar-refractivity contribution is 6.36. The van der Waals surface area contributed by atoms with Gasteiger partial charge in [0.2, 0.25) is 0 Å². The SMILES string of the molecule is CCOC(=O)c1[nH]c(C=C2C(=O)Nc3cccc(-c4ccncc4)c32)c2c1CCCC2. The molecule has 1 aliphatic carbocycles. The van der Waals surface area contributed by atoms with Crippen LogP contribution in [0.4, 0.5) is 5.69 Å². The molecule has 3 aromatic rings. The van der Waals surface area contributed by atoms with Crippen molar-refractivity contribution in [3.05, 3.63) is 70.8 Å². The molecule has 1 amide bonds. The zero-order valence-corrected chi connectivity index (χ0v) is 17.3. The fraction of sp³-hybridized carbons (Fsp3) is 0.240. The van der Waals surface area contributed by atoms with Crippen molar-refractivity contribution in [2.75, 3.05) is 11.9 Å². The molecule has 0 spiro atoms. The molecule has 0 saturated carbocycles. The molecule has 6 nitrogen and oxygen atoms in total. The van der Waals surface area contributed by atoms with Crippen LogP contribution in [0.1, 0.15) is 52.6 Å². The van der Waals surface area contributed by atoms with Gasteiger partial charge in [0.25, 0.3) is 5.91 Å². The van der Waals surface area contributed by atoms with Crippen molar-refractivity contribution in [2.45, 2.75) is 32.6 Å². The summed E-state index contributed by atoms with van der Waals surface area (Å²) in [6.07, 6.45) is 9.21. The fourth-order valence-electron chi connectivity index (χ4n) is 4.57. The first-order valence-corrected chi connectivity index (χ1v) is 10.6. The lowest BCUT2D eigenvalue weighted by Crippen LogP contribution is -2.10. The van der Waals surface area contributed by atoms with Crippen LogP contribution < -0.4 is 5.32 Å². The van der Waals surface area contributed by atoms with Gasteiger partial charge in [0, 0.05) is 29.3 Å². The Kier molecular flexibility index (Phi) is 4.90. The predicted octanol–water partition coefficient (Wildman–Crippen LogP) is 4.62. The van der Waals surface area contributed by atoms with E-state index >= 15 is 0 Å².